The lowest BCUT2D eigenvalue weighted by Crippen LogP contribution is -2.34. The van der Waals surface area contributed by atoms with Crippen molar-refractivity contribution in [3.8, 4) is 0 Å². The van der Waals surface area contributed by atoms with E-state index >= 15 is 0 Å². The van der Waals surface area contributed by atoms with Gasteiger partial charge in [-0.1, -0.05) is 60.7 Å². The van der Waals surface area contributed by atoms with Gasteiger partial charge in [0.15, 0.2) is 0 Å². The molecule has 0 saturated heterocycles. The lowest BCUT2D eigenvalue weighted by Gasteiger charge is -2.17. The smallest absolute Gasteiger partial charge is 0.233 e. The fraction of sp³-hybridized carbons (Fsp3) is 0.235. The van der Waals surface area contributed by atoms with Crippen LogP contribution in [0.15, 0.2) is 60.7 Å². The predicted octanol–water partition coefficient (Wildman–Crippen LogP) is 3.40. The van der Waals surface area contributed by atoms with Crippen LogP contribution in [-0.2, 0) is 11.2 Å². The number of amides is 1. The molecule has 2 unspecified atom stereocenters. The van der Waals surface area contributed by atoms with Crippen molar-refractivity contribution < 1.29 is 4.79 Å². The molecule has 2 aromatic carbocycles. The SMILES string of the molecule is CC(NC(=O)C(S)Cc1ccccc1)c1ccccc1. The number of hydrogen-bond acceptors (Lipinski definition) is 2. The summed E-state index contributed by atoms with van der Waals surface area (Å²) >= 11 is 4.41. The highest BCUT2D eigenvalue weighted by Crippen LogP contribution is 2.13. The molecule has 0 saturated carbocycles. The normalized spacial score (nSPS) is 13.5. The van der Waals surface area contributed by atoms with Crippen LogP contribution >= 0.6 is 12.6 Å². The van der Waals surface area contributed by atoms with Gasteiger partial charge >= 0.3 is 0 Å². The van der Waals surface area contributed by atoms with Gasteiger partial charge in [-0.25, -0.2) is 0 Å². The van der Waals surface area contributed by atoms with Gasteiger partial charge in [-0.15, -0.1) is 0 Å². The molecule has 0 aliphatic carbocycles. The molecule has 1 N–H and O–H groups in total. The van der Waals surface area contributed by atoms with Gasteiger partial charge < -0.3 is 5.32 Å². The van der Waals surface area contributed by atoms with E-state index in [2.05, 4.69) is 17.9 Å². The average Bonchev–Trinajstić information content (AvgIpc) is 2.49. The van der Waals surface area contributed by atoms with Gasteiger partial charge in [0.25, 0.3) is 0 Å². The highest BCUT2D eigenvalue weighted by Gasteiger charge is 2.17. The largest absolute Gasteiger partial charge is 0.349 e. The van der Waals surface area contributed by atoms with Crippen LogP contribution in [0.5, 0.6) is 0 Å². The lowest BCUT2D eigenvalue weighted by atomic mass is 10.1. The zero-order chi connectivity index (χ0) is 14.4. The van der Waals surface area contributed by atoms with Gasteiger partial charge in [0, 0.05) is 0 Å². The van der Waals surface area contributed by atoms with Gasteiger partial charge in [0.1, 0.15) is 0 Å². The molecular formula is C17H19NOS. The first-order chi connectivity index (χ1) is 9.66. The standard InChI is InChI=1S/C17H19NOS/c1-13(15-10-6-3-7-11-15)18-17(19)16(20)12-14-8-4-2-5-9-14/h2-11,13,16,20H,12H2,1H3,(H,18,19). The Bertz CT molecular complexity index is 541. The Kier molecular flexibility index (Phi) is 5.24. The summed E-state index contributed by atoms with van der Waals surface area (Å²) in [6.45, 7) is 1.98. The average molecular weight is 285 g/mol. The van der Waals surface area contributed by atoms with E-state index in [1.807, 2.05) is 67.6 Å². The van der Waals surface area contributed by atoms with Crippen molar-refractivity contribution in [1.82, 2.24) is 5.32 Å². The zero-order valence-electron chi connectivity index (χ0n) is 11.5. The van der Waals surface area contributed by atoms with Crippen molar-refractivity contribution in [2.75, 3.05) is 0 Å². The third-order valence-electron chi connectivity index (χ3n) is 3.23. The molecule has 20 heavy (non-hydrogen) atoms. The van der Waals surface area contributed by atoms with Crippen LogP contribution in [0.3, 0.4) is 0 Å². The summed E-state index contributed by atoms with van der Waals surface area (Å²) in [5.74, 6) is -0.0338. The summed E-state index contributed by atoms with van der Waals surface area (Å²) in [5, 5.41) is 2.67. The van der Waals surface area contributed by atoms with Crippen molar-refractivity contribution >= 4 is 18.5 Å². The minimum Gasteiger partial charge on any atom is -0.349 e. The monoisotopic (exact) mass is 285 g/mol. The molecule has 0 fully saturated rings. The van der Waals surface area contributed by atoms with Gasteiger partial charge in [-0.05, 0) is 24.5 Å². The van der Waals surface area contributed by atoms with Crippen molar-refractivity contribution in [2.24, 2.45) is 0 Å². The fourth-order valence-electron chi connectivity index (χ4n) is 2.06. The second kappa shape index (κ2) is 7.15. The van der Waals surface area contributed by atoms with E-state index in [1.165, 1.54) is 0 Å². The van der Waals surface area contributed by atoms with Crippen LogP contribution in [0, 0.1) is 0 Å². The van der Waals surface area contributed by atoms with E-state index in [4.69, 9.17) is 0 Å². The molecule has 0 aliphatic heterocycles. The first kappa shape index (κ1) is 14.7. The van der Waals surface area contributed by atoms with Gasteiger partial charge in [-0.2, -0.15) is 12.6 Å². The number of thiol groups is 1. The summed E-state index contributed by atoms with van der Waals surface area (Å²) in [6, 6.07) is 19.9. The highest BCUT2D eigenvalue weighted by atomic mass is 32.1. The number of nitrogens with one attached hydrogen (secondary N) is 1. The Balaban J connectivity index is 1.91. The zero-order valence-corrected chi connectivity index (χ0v) is 12.4. The number of carbonyl (C=O) groups excluding carboxylic acids is 1. The minimum atomic E-state index is -0.330. The van der Waals surface area contributed by atoms with E-state index in [1.54, 1.807) is 0 Å². The predicted molar refractivity (Wildman–Crippen MR) is 85.9 cm³/mol. The van der Waals surface area contributed by atoms with Crippen LogP contribution in [0.2, 0.25) is 0 Å². The topological polar surface area (TPSA) is 29.1 Å². The van der Waals surface area contributed by atoms with Crippen LogP contribution < -0.4 is 5.32 Å². The van der Waals surface area contributed by atoms with E-state index in [0.717, 1.165) is 11.1 Å². The summed E-state index contributed by atoms with van der Waals surface area (Å²) < 4.78 is 0. The Labute approximate surface area is 125 Å². The Hall–Kier alpha value is -1.74. The molecule has 1 amide bonds. The van der Waals surface area contributed by atoms with Crippen molar-refractivity contribution in [2.45, 2.75) is 24.6 Å². The Morgan fingerprint density at radius 2 is 1.60 bits per heavy atom. The highest BCUT2D eigenvalue weighted by molar-refractivity contribution is 7.81. The number of carbonyl (C=O) groups is 1. The third-order valence-corrected chi connectivity index (χ3v) is 3.65. The first-order valence-corrected chi connectivity index (χ1v) is 7.26. The number of rotatable bonds is 5. The quantitative estimate of drug-likeness (QED) is 0.810. The Morgan fingerprint density at radius 1 is 1.05 bits per heavy atom. The second-order valence-electron chi connectivity index (χ2n) is 4.85. The molecule has 0 aliphatic rings. The lowest BCUT2D eigenvalue weighted by molar-refractivity contribution is -0.121. The van der Waals surface area contributed by atoms with E-state index in [0.29, 0.717) is 6.42 Å². The third kappa shape index (κ3) is 4.14. The van der Waals surface area contributed by atoms with Crippen LogP contribution in [-0.4, -0.2) is 11.2 Å². The van der Waals surface area contributed by atoms with Crippen molar-refractivity contribution in [1.29, 1.82) is 0 Å². The maximum absolute atomic E-state index is 12.1. The van der Waals surface area contributed by atoms with Gasteiger partial charge in [0.05, 0.1) is 11.3 Å². The van der Waals surface area contributed by atoms with Crippen LogP contribution in [0.25, 0.3) is 0 Å². The molecule has 2 rings (SSSR count). The van der Waals surface area contributed by atoms with E-state index in [9.17, 15) is 4.79 Å². The van der Waals surface area contributed by atoms with E-state index < -0.39 is 0 Å². The molecule has 3 heteroatoms. The Morgan fingerprint density at radius 3 is 2.20 bits per heavy atom. The molecule has 0 heterocycles. The van der Waals surface area contributed by atoms with Crippen LogP contribution in [0.1, 0.15) is 24.1 Å². The first-order valence-electron chi connectivity index (χ1n) is 6.74. The van der Waals surface area contributed by atoms with Gasteiger partial charge in [-0.3, -0.25) is 4.79 Å². The fourth-order valence-corrected chi connectivity index (χ4v) is 2.35. The molecular weight excluding hydrogens is 266 g/mol. The summed E-state index contributed by atoms with van der Waals surface area (Å²) in [6.07, 6.45) is 0.636. The number of benzene rings is 2. The molecule has 0 aromatic heterocycles. The van der Waals surface area contributed by atoms with Gasteiger partial charge in [0.2, 0.25) is 5.91 Å². The van der Waals surface area contributed by atoms with Crippen molar-refractivity contribution in [3.63, 3.8) is 0 Å². The maximum Gasteiger partial charge on any atom is 0.233 e. The van der Waals surface area contributed by atoms with E-state index in [-0.39, 0.29) is 17.2 Å². The summed E-state index contributed by atoms with van der Waals surface area (Å²) in [7, 11) is 0. The van der Waals surface area contributed by atoms with Crippen molar-refractivity contribution in [3.05, 3.63) is 71.8 Å². The minimum absolute atomic E-state index is 0.00544. The molecule has 0 spiro atoms. The molecule has 104 valence electrons. The summed E-state index contributed by atoms with van der Waals surface area (Å²) in [4.78, 5) is 12.1. The second-order valence-corrected chi connectivity index (χ2v) is 5.47. The maximum atomic E-state index is 12.1. The number of hydrogen-bond donors (Lipinski definition) is 2. The van der Waals surface area contributed by atoms with Crippen LogP contribution in [0.4, 0.5) is 0 Å². The summed E-state index contributed by atoms with van der Waals surface area (Å²) in [5.41, 5.74) is 2.22. The molecule has 0 radical (unpaired) electrons. The molecule has 2 atom stereocenters. The molecule has 0 bridgehead atoms. The molecule has 2 aromatic rings. The molecule has 2 nitrogen and oxygen atoms in total.